The summed E-state index contributed by atoms with van der Waals surface area (Å²) in [6.07, 6.45) is 3.07. The number of carbonyl (C=O) groups is 1. The minimum absolute atomic E-state index is 0.0951. The van der Waals surface area contributed by atoms with Crippen molar-refractivity contribution in [2.24, 2.45) is 16.7 Å². The van der Waals surface area contributed by atoms with E-state index in [0.717, 1.165) is 36.1 Å². The van der Waals surface area contributed by atoms with E-state index in [1.807, 2.05) is 19.1 Å². The molecule has 0 unspecified atom stereocenters. The summed E-state index contributed by atoms with van der Waals surface area (Å²) >= 11 is 0. The Morgan fingerprint density at radius 1 is 1.33 bits per heavy atom. The number of hydrogen-bond donors (Lipinski definition) is 1. The van der Waals surface area contributed by atoms with Gasteiger partial charge < -0.3 is 5.32 Å². The first-order valence-electron chi connectivity index (χ1n) is 7.86. The van der Waals surface area contributed by atoms with Crippen molar-refractivity contribution in [2.75, 3.05) is 5.32 Å². The fraction of sp³-hybridized carbons (Fsp3) is 0.526. The normalized spacial score (nSPS) is 29.7. The molecule has 3 rings (SSSR count). The highest BCUT2D eigenvalue weighted by Crippen LogP contribution is 2.65. The lowest BCUT2D eigenvalue weighted by molar-refractivity contribution is -0.123. The molecule has 2 bridgehead atoms. The van der Waals surface area contributed by atoms with Gasteiger partial charge in [-0.2, -0.15) is 0 Å². The van der Waals surface area contributed by atoms with Gasteiger partial charge in [0.1, 0.15) is 0 Å². The van der Waals surface area contributed by atoms with Crippen molar-refractivity contribution in [1.29, 1.82) is 0 Å². The molecule has 2 saturated carbocycles. The van der Waals surface area contributed by atoms with Crippen molar-refractivity contribution >= 4 is 11.6 Å². The monoisotopic (exact) mass is 283 g/mol. The molecule has 1 amide bonds. The molecule has 0 aromatic heterocycles. The highest BCUT2D eigenvalue weighted by atomic mass is 16.2. The number of nitrogens with one attached hydrogen (secondary N) is 1. The number of carbonyl (C=O) groups excluding carboxylic acids is 1. The van der Waals surface area contributed by atoms with Crippen LogP contribution < -0.4 is 5.32 Å². The Kier molecular flexibility index (Phi) is 3.05. The van der Waals surface area contributed by atoms with Gasteiger partial charge in [-0.3, -0.25) is 4.79 Å². The van der Waals surface area contributed by atoms with Crippen LogP contribution in [0.5, 0.6) is 0 Å². The molecule has 2 atom stereocenters. The maximum Gasteiger partial charge on any atom is 0.234 e. The zero-order chi connectivity index (χ0) is 15.4. The van der Waals surface area contributed by atoms with Crippen LogP contribution >= 0.6 is 0 Å². The van der Waals surface area contributed by atoms with Gasteiger partial charge in [0.15, 0.2) is 0 Å². The van der Waals surface area contributed by atoms with E-state index in [1.165, 1.54) is 5.56 Å². The summed E-state index contributed by atoms with van der Waals surface area (Å²) in [4.78, 5) is 13.0. The highest BCUT2D eigenvalue weighted by Gasteiger charge is 2.60. The molecular formula is C19H25NO. The number of benzene rings is 1. The first-order chi connectivity index (χ1) is 9.77. The maximum absolute atomic E-state index is 13.0. The average molecular weight is 283 g/mol. The number of rotatable bonds is 2. The Morgan fingerprint density at radius 3 is 2.62 bits per heavy atom. The zero-order valence-electron chi connectivity index (χ0n) is 13.5. The Morgan fingerprint density at radius 2 is 2.05 bits per heavy atom. The third-order valence-corrected chi connectivity index (χ3v) is 5.96. The van der Waals surface area contributed by atoms with Crippen LogP contribution in [0.25, 0.3) is 0 Å². The summed E-state index contributed by atoms with van der Waals surface area (Å²) in [5.41, 5.74) is 4.16. The lowest BCUT2D eigenvalue weighted by Gasteiger charge is -2.37. The van der Waals surface area contributed by atoms with E-state index in [0.29, 0.717) is 5.92 Å². The molecule has 0 saturated heterocycles. The third kappa shape index (κ3) is 1.96. The first kappa shape index (κ1) is 14.4. The molecule has 21 heavy (non-hydrogen) atoms. The van der Waals surface area contributed by atoms with Crippen LogP contribution in [-0.4, -0.2) is 5.91 Å². The molecule has 1 N–H and O–H groups in total. The number of fused-ring (bicyclic) bond motifs is 2. The van der Waals surface area contributed by atoms with Crippen molar-refractivity contribution in [3.8, 4) is 0 Å². The van der Waals surface area contributed by atoms with Crippen molar-refractivity contribution in [2.45, 2.75) is 47.0 Å². The minimum Gasteiger partial charge on any atom is -0.325 e. The van der Waals surface area contributed by atoms with E-state index in [9.17, 15) is 4.79 Å². The van der Waals surface area contributed by atoms with Crippen molar-refractivity contribution in [3.63, 3.8) is 0 Å². The van der Waals surface area contributed by atoms with E-state index >= 15 is 0 Å². The van der Waals surface area contributed by atoms with Crippen molar-refractivity contribution in [1.82, 2.24) is 0 Å². The maximum atomic E-state index is 13.0. The van der Waals surface area contributed by atoms with Gasteiger partial charge in [-0.05, 0) is 56.1 Å². The molecule has 2 nitrogen and oxygen atoms in total. The van der Waals surface area contributed by atoms with Crippen molar-refractivity contribution in [3.05, 3.63) is 41.5 Å². The molecule has 2 aliphatic carbocycles. The molecule has 1 aromatic rings. The van der Waals surface area contributed by atoms with Gasteiger partial charge in [0.2, 0.25) is 5.91 Å². The van der Waals surface area contributed by atoms with Gasteiger partial charge in [0, 0.05) is 5.69 Å². The van der Waals surface area contributed by atoms with Crippen LogP contribution in [-0.2, 0) is 4.79 Å². The van der Waals surface area contributed by atoms with Gasteiger partial charge in [0.25, 0.3) is 0 Å². The van der Waals surface area contributed by atoms with Gasteiger partial charge >= 0.3 is 0 Å². The molecule has 1 aromatic carbocycles. The second-order valence-corrected chi connectivity index (χ2v) is 7.49. The predicted molar refractivity (Wildman–Crippen MR) is 87.2 cm³/mol. The van der Waals surface area contributed by atoms with Crippen LogP contribution in [0.1, 0.15) is 44.2 Å². The van der Waals surface area contributed by atoms with E-state index < -0.39 is 0 Å². The number of aryl methyl sites for hydroxylation is 2. The lowest BCUT2D eigenvalue weighted by Crippen LogP contribution is -2.37. The summed E-state index contributed by atoms with van der Waals surface area (Å²) in [7, 11) is 0. The lowest BCUT2D eigenvalue weighted by atomic mass is 9.68. The molecule has 0 radical (unpaired) electrons. The fourth-order valence-corrected chi connectivity index (χ4v) is 4.34. The summed E-state index contributed by atoms with van der Waals surface area (Å²) in [6.45, 7) is 12.9. The summed E-state index contributed by atoms with van der Waals surface area (Å²) in [6, 6.07) is 6.16. The number of hydrogen-bond acceptors (Lipinski definition) is 1. The van der Waals surface area contributed by atoms with Crippen LogP contribution in [0.3, 0.4) is 0 Å². The van der Waals surface area contributed by atoms with Crippen molar-refractivity contribution < 1.29 is 4.79 Å². The molecule has 0 aliphatic heterocycles. The van der Waals surface area contributed by atoms with E-state index in [4.69, 9.17) is 0 Å². The fourth-order valence-electron chi connectivity index (χ4n) is 4.34. The molecule has 0 spiro atoms. The smallest absolute Gasteiger partial charge is 0.234 e. The van der Waals surface area contributed by atoms with E-state index in [1.54, 1.807) is 0 Å². The molecule has 2 aliphatic rings. The summed E-state index contributed by atoms with van der Waals surface area (Å²) < 4.78 is 0. The molecule has 2 heteroatoms. The average Bonchev–Trinajstić information content (AvgIpc) is 2.93. The van der Waals surface area contributed by atoms with Crippen LogP contribution in [0.15, 0.2) is 30.4 Å². The van der Waals surface area contributed by atoms with Gasteiger partial charge in [-0.25, -0.2) is 0 Å². The third-order valence-electron chi connectivity index (χ3n) is 5.96. The minimum atomic E-state index is -0.342. The van der Waals surface area contributed by atoms with Crippen LogP contribution in [0, 0.1) is 30.6 Å². The Labute approximate surface area is 127 Å². The summed E-state index contributed by atoms with van der Waals surface area (Å²) in [5.74, 6) is 0.752. The topological polar surface area (TPSA) is 29.1 Å². The Hall–Kier alpha value is -1.57. The Bertz CT molecular complexity index is 628. The second kappa shape index (κ2) is 4.46. The number of amides is 1. The number of anilines is 1. The standard InChI is InChI=1S/C19H25NO/c1-12-6-7-16(13(2)10-12)20-17(21)19-9-8-15(11-19)18(4,5)14(19)3/h6-7,10,15H,3,8-9,11H2,1-2,4-5H3,(H,20,21)/t15-,19-/m0/s1. The zero-order valence-corrected chi connectivity index (χ0v) is 13.5. The highest BCUT2D eigenvalue weighted by molar-refractivity contribution is 5.99. The van der Waals surface area contributed by atoms with Gasteiger partial charge in [-0.15, -0.1) is 0 Å². The second-order valence-electron chi connectivity index (χ2n) is 7.49. The largest absolute Gasteiger partial charge is 0.325 e. The van der Waals surface area contributed by atoms with Crippen LogP contribution in [0.2, 0.25) is 0 Å². The molecular weight excluding hydrogens is 258 g/mol. The SMILES string of the molecule is C=C1C(C)(C)[C@H]2CC[C@]1(C(=O)Nc1ccc(C)cc1C)C2. The van der Waals surface area contributed by atoms with Crippen LogP contribution in [0.4, 0.5) is 5.69 Å². The van der Waals surface area contributed by atoms with Gasteiger partial charge in [0.05, 0.1) is 5.41 Å². The summed E-state index contributed by atoms with van der Waals surface area (Å²) in [5, 5.41) is 3.17. The van der Waals surface area contributed by atoms with E-state index in [-0.39, 0.29) is 16.7 Å². The first-order valence-corrected chi connectivity index (χ1v) is 7.86. The Balaban J connectivity index is 1.88. The molecule has 2 fully saturated rings. The predicted octanol–water partition coefficient (Wildman–Crippen LogP) is 4.62. The quantitative estimate of drug-likeness (QED) is 0.788. The van der Waals surface area contributed by atoms with Gasteiger partial charge in [-0.1, -0.05) is 43.7 Å². The molecule has 112 valence electrons. The molecule has 0 heterocycles. The van der Waals surface area contributed by atoms with E-state index in [2.05, 4.69) is 38.7 Å².